The smallest absolute Gasteiger partial charge is 0.120 e. The fourth-order valence-corrected chi connectivity index (χ4v) is 2.37. The Labute approximate surface area is 98.9 Å². The van der Waals surface area contributed by atoms with Crippen LogP contribution < -0.4 is 10.5 Å². The van der Waals surface area contributed by atoms with Gasteiger partial charge in [-0.1, -0.05) is 22.0 Å². The minimum atomic E-state index is 0.176. The molecule has 1 aliphatic carbocycles. The van der Waals surface area contributed by atoms with Crippen molar-refractivity contribution in [3.05, 3.63) is 28.2 Å². The fourth-order valence-electron chi connectivity index (χ4n) is 1.74. The standard InChI is InChI=1S/C12H16BrNO/c1-2-15-9-5-6-10(11(13)7-9)12(14)8-3-4-8/h5-8,12H,2-4,14H2,1H3. The van der Waals surface area contributed by atoms with Gasteiger partial charge in [-0.3, -0.25) is 0 Å². The highest BCUT2D eigenvalue weighted by atomic mass is 79.9. The van der Waals surface area contributed by atoms with E-state index in [1.807, 2.05) is 19.1 Å². The summed E-state index contributed by atoms with van der Waals surface area (Å²) >= 11 is 3.55. The number of hydrogen-bond acceptors (Lipinski definition) is 2. The minimum Gasteiger partial charge on any atom is -0.494 e. The van der Waals surface area contributed by atoms with Crippen LogP contribution in [0.1, 0.15) is 31.4 Å². The van der Waals surface area contributed by atoms with E-state index in [4.69, 9.17) is 10.5 Å². The third-order valence-electron chi connectivity index (χ3n) is 2.77. The highest BCUT2D eigenvalue weighted by molar-refractivity contribution is 9.10. The Balaban J connectivity index is 2.17. The topological polar surface area (TPSA) is 35.2 Å². The molecule has 0 heterocycles. The van der Waals surface area contributed by atoms with Crippen LogP contribution in [0.15, 0.2) is 22.7 Å². The number of benzene rings is 1. The predicted molar refractivity (Wildman–Crippen MR) is 65.0 cm³/mol. The van der Waals surface area contributed by atoms with Gasteiger partial charge in [-0.2, -0.15) is 0 Å². The second kappa shape index (κ2) is 4.54. The highest BCUT2D eigenvalue weighted by Gasteiger charge is 2.30. The molecule has 0 saturated heterocycles. The lowest BCUT2D eigenvalue weighted by molar-refractivity contribution is 0.340. The predicted octanol–water partition coefficient (Wildman–Crippen LogP) is 3.26. The average Bonchev–Trinajstić information content (AvgIpc) is 3.01. The van der Waals surface area contributed by atoms with Crippen molar-refractivity contribution >= 4 is 15.9 Å². The second-order valence-electron chi connectivity index (χ2n) is 3.98. The number of halogens is 1. The van der Waals surface area contributed by atoms with Gasteiger partial charge in [-0.05, 0) is 43.4 Å². The first kappa shape index (κ1) is 11.0. The Morgan fingerprint density at radius 2 is 2.27 bits per heavy atom. The van der Waals surface area contributed by atoms with E-state index in [9.17, 15) is 0 Å². The first-order chi connectivity index (χ1) is 7.22. The normalized spacial score (nSPS) is 17.5. The van der Waals surface area contributed by atoms with E-state index >= 15 is 0 Å². The zero-order valence-electron chi connectivity index (χ0n) is 8.87. The van der Waals surface area contributed by atoms with E-state index in [1.165, 1.54) is 18.4 Å². The van der Waals surface area contributed by atoms with Gasteiger partial charge in [0.15, 0.2) is 0 Å². The molecular formula is C12H16BrNO. The molecule has 1 aromatic carbocycles. The summed E-state index contributed by atoms with van der Waals surface area (Å²) in [6, 6.07) is 6.24. The Morgan fingerprint density at radius 3 is 2.80 bits per heavy atom. The van der Waals surface area contributed by atoms with Gasteiger partial charge >= 0.3 is 0 Å². The summed E-state index contributed by atoms with van der Waals surface area (Å²) in [7, 11) is 0. The van der Waals surface area contributed by atoms with Crippen molar-refractivity contribution in [2.75, 3.05) is 6.61 Å². The number of ether oxygens (including phenoxy) is 1. The molecular weight excluding hydrogens is 254 g/mol. The summed E-state index contributed by atoms with van der Waals surface area (Å²) in [6.07, 6.45) is 2.53. The van der Waals surface area contributed by atoms with E-state index < -0.39 is 0 Å². The van der Waals surface area contributed by atoms with Gasteiger partial charge in [0.05, 0.1) is 6.61 Å². The molecule has 2 nitrogen and oxygen atoms in total. The molecule has 1 fully saturated rings. The summed E-state index contributed by atoms with van der Waals surface area (Å²) in [5, 5.41) is 0. The minimum absolute atomic E-state index is 0.176. The molecule has 3 heteroatoms. The Hall–Kier alpha value is -0.540. The van der Waals surface area contributed by atoms with Gasteiger partial charge in [0.2, 0.25) is 0 Å². The largest absolute Gasteiger partial charge is 0.494 e. The van der Waals surface area contributed by atoms with Crippen molar-refractivity contribution in [1.29, 1.82) is 0 Å². The molecule has 0 spiro atoms. The van der Waals surface area contributed by atoms with Gasteiger partial charge in [0, 0.05) is 10.5 Å². The van der Waals surface area contributed by atoms with Crippen molar-refractivity contribution in [2.45, 2.75) is 25.8 Å². The first-order valence-corrected chi connectivity index (χ1v) is 6.19. The molecule has 1 saturated carbocycles. The van der Waals surface area contributed by atoms with E-state index in [0.717, 1.165) is 10.2 Å². The summed E-state index contributed by atoms with van der Waals surface area (Å²) in [5.74, 6) is 1.58. The van der Waals surface area contributed by atoms with Crippen LogP contribution in [0.2, 0.25) is 0 Å². The third kappa shape index (κ3) is 2.52. The van der Waals surface area contributed by atoms with Crippen LogP contribution in [0.5, 0.6) is 5.75 Å². The molecule has 0 bridgehead atoms. The summed E-state index contributed by atoms with van der Waals surface area (Å²) < 4.78 is 6.49. The van der Waals surface area contributed by atoms with Crippen LogP contribution in [-0.2, 0) is 0 Å². The van der Waals surface area contributed by atoms with Crippen LogP contribution >= 0.6 is 15.9 Å². The van der Waals surface area contributed by atoms with Crippen molar-refractivity contribution in [3.63, 3.8) is 0 Å². The molecule has 1 aromatic rings. The maximum Gasteiger partial charge on any atom is 0.120 e. The molecule has 15 heavy (non-hydrogen) atoms. The Bertz CT molecular complexity index is 349. The molecule has 0 radical (unpaired) electrons. The summed E-state index contributed by atoms with van der Waals surface area (Å²) in [6.45, 7) is 2.68. The van der Waals surface area contributed by atoms with Crippen molar-refractivity contribution < 1.29 is 4.74 Å². The molecule has 82 valence electrons. The van der Waals surface area contributed by atoms with Crippen LogP contribution in [-0.4, -0.2) is 6.61 Å². The molecule has 1 unspecified atom stereocenters. The second-order valence-corrected chi connectivity index (χ2v) is 4.83. The first-order valence-electron chi connectivity index (χ1n) is 5.40. The van der Waals surface area contributed by atoms with Crippen LogP contribution in [0.25, 0.3) is 0 Å². The van der Waals surface area contributed by atoms with Gasteiger partial charge in [-0.25, -0.2) is 0 Å². The molecule has 1 aliphatic rings. The maximum atomic E-state index is 6.15. The highest BCUT2D eigenvalue weighted by Crippen LogP contribution is 2.41. The Morgan fingerprint density at radius 1 is 1.53 bits per heavy atom. The number of rotatable bonds is 4. The molecule has 2 N–H and O–H groups in total. The van der Waals surface area contributed by atoms with E-state index in [-0.39, 0.29) is 6.04 Å². The van der Waals surface area contributed by atoms with Crippen molar-refractivity contribution in [2.24, 2.45) is 11.7 Å². The van der Waals surface area contributed by atoms with Gasteiger partial charge in [0.1, 0.15) is 5.75 Å². The average molecular weight is 270 g/mol. The van der Waals surface area contributed by atoms with Crippen LogP contribution in [0.4, 0.5) is 0 Å². The molecule has 0 aliphatic heterocycles. The zero-order chi connectivity index (χ0) is 10.8. The maximum absolute atomic E-state index is 6.15. The lowest BCUT2D eigenvalue weighted by atomic mass is 10.0. The summed E-state index contributed by atoms with van der Waals surface area (Å²) in [4.78, 5) is 0. The molecule has 1 atom stereocenters. The molecule has 0 amide bonds. The Kier molecular flexibility index (Phi) is 3.32. The van der Waals surface area contributed by atoms with E-state index in [0.29, 0.717) is 12.5 Å². The monoisotopic (exact) mass is 269 g/mol. The quantitative estimate of drug-likeness (QED) is 0.911. The zero-order valence-corrected chi connectivity index (χ0v) is 10.5. The fraction of sp³-hybridized carbons (Fsp3) is 0.500. The number of hydrogen-bond donors (Lipinski definition) is 1. The lowest BCUT2D eigenvalue weighted by Crippen LogP contribution is -2.12. The number of nitrogens with two attached hydrogens (primary N) is 1. The van der Waals surface area contributed by atoms with Gasteiger partial charge in [-0.15, -0.1) is 0 Å². The van der Waals surface area contributed by atoms with Crippen molar-refractivity contribution in [1.82, 2.24) is 0 Å². The molecule has 0 aromatic heterocycles. The SMILES string of the molecule is CCOc1ccc(C(N)C2CC2)c(Br)c1. The molecule has 2 rings (SSSR count). The van der Waals surface area contributed by atoms with Crippen LogP contribution in [0.3, 0.4) is 0 Å². The lowest BCUT2D eigenvalue weighted by Gasteiger charge is -2.14. The van der Waals surface area contributed by atoms with Gasteiger partial charge in [0.25, 0.3) is 0 Å². The van der Waals surface area contributed by atoms with Gasteiger partial charge < -0.3 is 10.5 Å². The summed E-state index contributed by atoms with van der Waals surface area (Å²) in [5.41, 5.74) is 7.35. The van der Waals surface area contributed by atoms with Crippen molar-refractivity contribution in [3.8, 4) is 5.75 Å². The van der Waals surface area contributed by atoms with E-state index in [1.54, 1.807) is 0 Å². The van der Waals surface area contributed by atoms with E-state index in [2.05, 4.69) is 22.0 Å². The van der Waals surface area contributed by atoms with Crippen LogP contribution in [0, 0.1) is 5.92 Å². The third-order valence-corrected chi connectivity index (χ3v) is 3.46.